The Morgan fingerprint density at radius 1 is 1.03 bits per heavy atom. The summed E-state index contributed by atoms with van der Waals surface area (Å²) in [5.74, 6) is -2.32. The molecular weight excluding hydrogens is 502 g/mol. The van der Waals surface area contributed by atoms with Gasteiger partial charge in [0.05, 0.1) is 23.1 Å². The molecule has 1 aliphatic heterocycles. The molecule has 5 rings (SSSR count). The number of carboxylic acid groups (broad SMARTS) is 1. The Morgan fingerprint density at radius 2 is 1.79 bits per heavy atom. The Bertz CT molecular complexity index is 1360. The van der Waals surface area contributed by atoms with E-state index in [0.717, 1.165) is 19.3 Å². The molecule has 2 fully saturated rings. The van der Waals surface area contributed by atoms with Crippen LogP contribution < -0.4 is 0 Å². The number of aromatic carboxylic acids is 1. The quantitative estimate of drug-likeness (QED) is 0.351. The van der Waals surface area contributed by atoms with E-state index in [4.69, 9.17) is 0 Å². The lowest BCUT2D eigenvalue weighted by Crippen LogP contribution is -2.44. The first-order chi connectivity index (χ1) is 18.1. The van der Waals surface area contributed by atoms with Gasteiger partial charge in [-0.05, 0) is 62.3 Å². The molecule has 2 heterocycles. The van der Waals surface area contributed by atoms with Crippen molar-refractivity contribution >= 4 is 11.9 Å². The first-order valence-electron chi connectivity index (χ1n) is 12.7. The van der Waals surface area contributed by atoms with Crippen molar-refractivity contribution in [2.75, 3.05) is 6.54 Å². The summed E-state index contributed by atoms with van der Waals surface area (Å²) in [4.78, 5) is 26.4. The molecule has 3 aromatic rings. The Balaban J connectivity index is 1.45. The van der Waals surface area contributed by atoms with E-state index in [2.05, 4.69) is 5.10 Å². The van der Waals surface area contributed by atoms with Crippen LogP contribution in [0, 0.1) is 5.82 Å². The average Bonchev–Trinajstić information content (AvgIpc) is 3.64. The minimum absolute atomic E-state index is 0.0970. The highest BCUT2D eigenvalue weighted by atomic mass is 19.4. The minimum atomic E-state index is -4.32. The van der Waals surface area contributed by atoms with E-state index in [1.807, 2.05) is 0 Å². The Hall–Kier alpha value is -3.69. The van der Waals surface area contributed by atoms with Gasteiger partial charge in [0.15, 0.2) is 0 Å². The van der Waals surface area contributed by atoms with Crippen molar-refractivity contribution in [3.8, 4) is 16.8 Å². The van der Waals surface area contributed by atoms with Gasteiger partial charge in [0, 0.05) is 30.5 Å². The van der Waals surface area contributed by atoms with Crippen LogP contribution in [0.5, 0.6) is 0 Å². The van der Waals surface area contributed by atoms with E-state index < -0.39 is 36.3 Å². The first-order valence-corrected chi connectivity index (χ1v) is 12.7. The van der Waals surface area contributed by atoms with Crippen LogP contribution in [0.3, 0.4) is 0 Å². The lowest BCUT2D eigenvalue weighted by Gasteiger charge is -2.36. The molecule has 1 N–H and O–H groups in total. The molecule has 1 unspecified atom stereocenters. The van der Waals surface area contributed by atoms with E-state index in [0.29, 0.717) is 29.8 Å². The summed E-state index contributed by atoms with van der Waals surface area (Å²) in [5, 5.41) is 13.8. The van der Waals surface area contributed by atoms with Gasteiger partial charge in [-0.3, -0.25) is 4.79 Å². The molecule has 0 spiro atoms. The fourth-order valence-corrected chi connectivity index (χ4v) is 5.26. The summed E-state index contributed by atoms with van der Waals surface area (Å²) >= 11 is 0. The van der Waals surface area contributed by atoms with Crippen molar-refractivity contribution in [1.29, 1.82) is 0 Å². The third-order valence-corrected chi connectivity index (χ3v) is 7.28. The smallest absolute Gasteiger partial charge is 0.389 e. The second-order valence-electron chi connectivity index (χ2n) is 9.95. The largest absolute Gasteiger partial charge is 0.478 e. The zero-order valence-electron chi connectivity index (χ0n) is 20.5. The molecule has 38 heavy (non-hydrogen) atoms. The number of piperidine rings is 1. The van der Waals surface area contributed by atoms with Crippen molar-refractivity contribution in [1.82, 2.24) is 14.7 Å². The molecule has 1 saturated heterocycles. The monoisotopic (exact) mass is 529 g/mol. The maximum absolute atomic E-state index is 15.8. The van der Waals surface area contributed by atoms with E-state index >= 15 is 4.39 Å². The summed E-state index contributed by atoms with van der Waals surface area (Å²) < 4.78 is 55.9. The van der Waals surface area contributed by atoms with Crippen molar-refractivity contribution in [3.63, 3.8) is 0 Å². The van der Waals surface area contributed by atoms with Crippen LogP contribution in [0.1, 0.15) is 77.3 Å². The molecule has 1 amide bonds. The number of hydrogen-bond acceptors (Lipinski definition) is 3. The molecule has 200 valence electrons. The van der Waals surface area contributed by atoms with Gasteiger partial charge in [-0.2, -0.15) is 18.3 Å². The lowest BCUT2D eigenvalue weighted by molar-refractivity contribution is -0.138. The number of rotatable bonds is 7. The molecule has 0 bridgehead atoms. The van der Waals surface area contributed by atoms with Crippen LogP contribution >= 0.6 is 0 Å². The normalized spacial score (nSPS) is 18.0. The van der Waals surface area contributed by atoms with Gasteiger partial charge in [-0.15, -0.1) is 0 Å². The summed E-state index contributed by atoms with van der Waals surface area (Å²) in [6, 6.07) is 10.7. The number of likely N-dealkylation sites (tertiary alicyclic amines) is 1. The number of hydrogen-bond donors (Lipinski definition) is 1. The van der Waals surface area contributed by atoms with E-state index in [-0.39, 0.29) is 35.6 Å². The van der Waals surface area contributed by atoms with Gasteiger partial charge in [0.2, 0.25) is 0 Å². The maximum atomic E-state index is 15.8. The van der Waals surface area contributed by atoms with Crippen molar-refractivity contribution < 1.29 is 32.3 Å². The fraction of sp³-hybridized carbons (Fsp3) is 0.393. The second kappa shape index (κ2) is 10.2. The molecule has 2 aliphatic rings. The SMILES string of the molecule is O=C(O)c1cnn(-c2cccc(-c3cccc(C(=O)N4CCCCC4CCC(F)(F)F)c3F)c2)c1C1CC1. The topological polar surface area (TPSA) is 75.4 Å². The predicted octanol–water partition coefficient (Wildman–Crippen LogP) is 6.59. The number of alkyl halides is 3. The highest BCUT2D eigenvalue weighted by Crippen LogP contribution is 2.42. The van der Waals surface area contributed by atoms with E-state index in [1.165, 1.54) is 23.2 Å². The molecule has 1 aromatic heterocycles. The summed E-state index contributed by atoms with van der Waals surface area (Å²) in [6.07, 6.45) is -0.629. The van der Waals surface area contributed by atoms with Gasteiger partial charge >= 0.3 is 12.1 Å². The molecule has 6 nitrogen and oxygen atoms in total. The number of amides is 1. The number of halogens is 4. The lowest BCUT2D eigenvalue weighted by atomic mass is 9.95. The Kier molecular flexibility index (Phi) is 6.98. The molecule has 2 aromatic carbocycles. The van der Waals surface area contributed by atoms with Crippen LogP contribution in [0.4, 0.5) is 17.6 Å². The van der Waals surface area contributed by atoms with Gasteiger partial charge in [0.25, 0.3) is 5.91 Å². The van der Waals surface area contributed by atoms with Gasteiger partial charge in [-0.25, -0.2) is 13.9 Å². The zero-order valence-corrected chi connectivity index (χ0v) is 20.5. The number of carbonyl (C=O) groups is 2. The number of nitrogens with zero attached hydrogens (tertiary/aromatic N) is 3. The van der Waals surface area contributed by atoms with Gasteiger partial charge in [-0.1, -0.05) is 24.3 Å². The maximum Gasteiger partial charge on any atom is 0.389 e. The number of carboxylic acids is 1. The number of benzene rings is 2. The van der Waals surface area contributed by atoms with Crippen LogP contribution in [0.15, 0.2) is 48.7 Å². The van der Waals surface area contributed by atoms with Crippen LogP contribution in [0.2, 0.25) is 0 Å². The van der Waals surface area contributed by atoms with E-state index in [9.17, 15) is 27.9 Å². The highest BCUT2D eigenvalue weighted by molar-refractivity contribution is 5.96. The molecule has 1 saturated carbocycles. The van der Waals surface area contributed by atoms with Crippen LogP contribution in [0.25, 0.3) is 16.8 Å². The predicted molar refractivity (Wildman–Crippen MR) is 132 cm³/mol. The van der Waals surface area contributed by atoms with Crippen LogP contribution in [-0.2, 0) is 0 Å². The number of aromatic nitrogens is 2. The van der Waals surface area contributed by atoms with Gasteiger partial charge < -0.3 is 10.0 Å². The van der Waals surface area contributed by atoms with Crippen LogP contribution in [-0.4, -0.2) is 50.4 Å². The number of carbonyl (C=O) groups excluding carboxylic acids is 1. The molecule has 0 radical (unpaired) electrons. The third kappa shape index (κ3) is 5.30. The Morgan fingerprint density at radius 3 is 2.50 bits per heavy atom. The van der Waals surface area contributed by atoms with Crippen molar-refractivity contribution in [3.05, 3.63) is 71.3 Å². The minimum Gasteiger partial charge on any atom is -0.478 e. The summed E-state index contributed by atoms with van der Waals surface area (Å²) in [6.45, 7) is 0.287. The van der Waals surface area contributed by atoms with Crippen molar-refractivity contribution in [2.45, 2.75) is 63.1 Å². The Labute approximate surface area is 216 Å². The summed E-state index contributed by atoms with van der Waals surface area (Å²) in [5.41, 5.74) is 1.76. The second-order valence-corrected chi connectivity index (χ2v) is 9.95. The van der Waals surface area contributed by atoms with Gasteiger partial charge in [0.1, 0.15) is 11.4 Å². The highest BCUT2D eigenvalue weighted by Gasteiger charge is 2.35. The standard InChI is InChI=1S/C28H27F4N3O3/c29-24-21(8-4-9-22(24)26(36)34-14-2-1-6-19(34)12-13-28(30,31)32)18-5-3-7-20(15-18)35-25(17-10-11-17)23(16-33-35)27(37)38/h3-5,7-9,15-17,19H,1-2,6,10-14H2,(H,37,38). The van der Waals surface area contributed by atoms with Crippen molar-refractivity contribution in [2.24, 2.45) is 0 Å². The third-order valence-electron chi connectivity index (χ3n) is 7.28. The molecule has 10 heteroatoms. The average molecular weight is 530 g/mol. The molecule has 1 atom stereocenters. The zero-order chi connectivity index (χ0) is 27.0. The fourth-order valence-electron chi connectivity index (χ4n) is 5.26. The molecule has 1 aliphatic carbocycles. The summed E-state index contributed by atoms with van der Waals surface area (Å²) in [7, 11) is 0. The van der Waals surface area contributed by atoms with E-state index in [1.54, 1.807) is 35.0 Å². The first kappa shape index (κ1) is 25.9. The molecular formula is C28H27F4N3O3.